The minimum atomic E-state index is -0.525. The minimum Gasteiger partial charge on any atom is -0.396 e. The fraction of sp³-hybridized carbons (Fsp3) is 0.933. The van der Waals surface area contributed by atoms with E-state index in [9.17, 15) is 20.4 Å². The van der Waals surface area contributed by atoms with Crippen LogP contribution in [0.15, 0.2) is 11.6 Å². The van der Waals surface area contributed by atoms with Gasteiger partial charge in [0.1, 0.15) is 0 Å². The van der Waals surface area contributed by atoms with Crippen molar-refractivity contribution >= 4 is 0 Å². The Morgan fingerprint density at radius 3 is 2.21 bits per heavy atom. The molecular formula is C30H50O4. The van der Waals surface area contributed by atoms with E-state index in [4.69, 9.17) is 0 Å². The molecule has 194 valence electrons. The molecule has 0 radical (unpaired) electrons. The molecule has 4 heteroatoms. The molecule has 0 bridgehead atoms. The number of hydrogen-bond donors (Lipinski definition) is 4. The van der Waals surface area contributed by atoms with E-state index in [-0.39, 0.29) is 46.2 Å². The molecule has 4 saturated carbocycles. The van der Waals surface area contributed by atoms with Crippen molar-refractivity contribution in [3.63, 3.8) is 0 Å². The molecule has 1 unspecified atom stereocenters. The highest BCUT2D eigenvalue weighted by Crippen LogP contribution is 2.75. The Balaban J connectivity index is 1.67. The summed E-state index contributed by atoms with van der Waals surface area (Å²) < 4.78 is 0. The third kappa shape index (κ3) is 2.81. The van der Waals surface area contributed by atoms with Crippen molar-refractivity contribution < 1.29 is 20.4 Å². The van der Waals surface area contributed by atoms with Gasteiger partial charge in [-0.1, -0.05) is 60.1 Å². The summed E-state index contributed by atoms with van der Waals surface area (Å²) in [6.07, 6.45) is 7.23. The van der Waals surface area contributed by atoms with Gasteiger partial charge in [-0.3, -0.25) is 0 Å². The van der Waals surface area contributed by atoms with E-state index in [0.29, 0.717) is 24.2 Å². The van der Waals surface area contributed by atoms with Crippen LogP contribution in [0.25, 0.3) is 0 Å². The van der Waals surface area contributed by atoms with Gasteiger partial charge in [0.05, 0.1) is 24.9 Å². The summed E-state index contributed by atoms with van der Waals surface area (Å²) in [5.41, 5.74) is 0.279. The largest absolute Gasteiger partial charge is 0.396 e. The van der Waals surface area contributed by atoms with Crippen LogP contribution in [0, 0.1) is 56.7 Å². The monoisotopic (exact) mass is 474 g/mol. The Morgan fingerprint density at radius 2 is 1.56 bits per heavy atom. The number of rotatable bonds is 1. The van der Waals surface area contributed by atoms with Crippen LogP contribution in [0.5, 0.6) is 0 Å². The smallest absolute Gasteiger partial charge is 0.0762 e. The Bertz CT molecular complexity index is 866. The molecule has 4 N–H and O–H groups in total. The van der Waals surface area contributed by atoms with Gasteiger partial charge in [-0.25, -0.2) is 0 Å². The number of aliphatic hydroxyl groups is 4. The first-order chi connectivity index (χ1) is 15.7. The average molecular weight is 475 g/mol. The van der Waals surface area contributed by atoms with Crippen molar-refractivity contribution in [2.45, 2.75) is 112 Å². The van der Waals surface area contributed by atoms with Crippen molar-refractivity contribution in [3.8, 4) is 0 Å². The normalized spacial score (nSPS) is 58.6. The number of fused-ring (bicyclic) bond motifs is 7. The van der Waals surface area contributed by atoms with Crippen LogP contribution in [0.2, 0.25) is 0 Å². The molecule has 0 aromatic carbocycles. The van der Waals surface area contributed by atoms with Gasteiger partial charge in [0.2, 0.25) is 0 Å². The summed E-state index contributed by atoms with van der Waals surface area (Å²) >= 11 is 0. The lowest BCUT2D eigenvalue weighted by Gasteiger charge is -2.72. The minimum absolute atomic E-state index is 0.0193. The molecule has 4 nitrogen and oxygen atoms in total. The van der Waals surface area contributed by atoms with Crippen LogP contribution < -0.4 is 0 Å². The van der Waals surface area contributed by atoms with Gasteiger partial charge in [-0.15, -0.1) is 0 Å². The fourth-order valence-corrected chi connectivity index (χ4v) is 11.1. The average Bonchev–Trinajstić information content (AvgIpc) is 2.75. The first kappa shape index (κ1) is 25.2. The lowest BCUT2D eigenvalue weighted by Crippen LogP contribution is -2.69. The SMILES string of the molecule is C[C@H]1[C@H](C)CC[C@]2(CO)[C@H](O)C[C@]3(C)C(=C[C@@H](O)[C@@H]4[C@@]5(C)CC[C@H](O)C(C)(C)C5CC[C@]43C)[C@H]12. The first-order valence-corrected chi connectivity index (χ1v) is 14.1. The molecule has 0 spiro atoms. The highest BCUT2D eigenvalue weighted by Gasteiger charge is 2.71. The maximum absolute atomic E-state index is 12.0. The maximum Gasteiger partial charge on any atom is 0.0762 e. The summed E-state index contributed by atoms with van der Waals surface area (Å²) in [5, 5.41) is 45.3. The van der Waals surface area contributed by atoms with Crippen LogP contribution in [0.3, 0.4) is 0 Å². The van der Waals surface area contributed by atoms with E-state index in [1.807, 2.05) is 0 Å². The van der Waals surface area contributed by atoms with E-state index in [0.717, 1.165) is 38.5 Å². The number of allylic oxidation sites excluding steroid dienone is 1. The number of hydrogen-bond acceptors (Lipinski definition) is 4. The summed E-state index contributed by atoms with van der Waals surface area (Å²) in [5.74, 6) is 1.48. The fourth-order valence-electron chi connectivity index (χ4n) is 11.1. The molecule has 0 aromatic heterocycles. The second-order valence-electron chi connectivity index (χ2n) is 14.8. The maximum atomic E-state index is 12.0. The molecular weight excluding hydrogens is 424 g/mol. The first-order valence-electron chi connectivity index (χ1n) is 14.1. The third-order valence-corrected chi connectivity index (χ3v) is 13.5. The summed E-state index contributed by atoms with van der Waals surface area (Å²) in [6.45, 7) is 16.3. The van der Waals surface area contributed by atoms with Crippen molar-refractivity contribution in [1.29, 1.82) is 0 Å². The Hall–Kier alpha value is -0.420. The molecule has 0 amide bonds. The summed E-state index contributed by atoms with van der Waals surface area (Å²) in [6, 6.07) is 0. The summed E-state index contributed by atoms with van der Waals surface area (Å²) in [7, 11) is 0. The van der Waals surface area contributed by atoms with Gasteiger partial charge in [0, 0.05) is 11.3 Å². The van der Waals surface area contributed by atoms with Gasteiger partial charge in [-0.2, -0.15) is 0 Å². The zero-order valence-electron chi connectivity index (χ0n) is 22.6. The van der Waals surface area contributed by atoms with Crippen molar-refractivity contribution in [3.05, 3.63) is 11.6 Å². The van der Waals surface area contributed by atoms with Gasteiger partial charge in [0.15, 0.2) is 0 Å². The topological polar surface area (TPSA) is 80.9 Å². The molecule has 5 aliphatic rings. The molecule has 5 aliphatic carbocycles. The molecule has 0 aromatic rings. The van der Waals surface area contributed by atoms with Crippen molar-refractivity contribution in [2.75, 3.05) is 6.61 Å². The number of aliphatic hydroxyl groups excluding tert-OH is 4. The van der Waals surface area contributed by atoms with Crippen LogP contribution in [-0.4, -0.2) is 45.3 Å². The molecule has 0 heterocycles. The van der Waals surface area contributed by atoms with Crippen LogP contribution in [-0.2, 0) is 0 Å². The van der Waals surface area contributed by atoms with Crippen LogP contribution in [0.1, 0.15) is 93.4 Å². The van der Waals surface area contributed by atoms with Crippen LogP contribution in [0.4, 0.5) is 0 Å². The highest BCUT2D eigenvalue weighted by molar-refractivity contribution is 5.37. The van der Waals surface area contributed by atoms with Crippen molar-refractivity contribution in [2.24, 2.45) is 56.7 Å². The van der Waals surface area contributed by atoms with Gasteiger partial charge in [-0.05, 0) is 90.3 Å². The van der Waals surface area contributed by atoms with E-state index < -0.39 is 17.6 Å². The van der Waals surface area contributed by atoms with Crippen LogP contribution >= 0.6 is 0 Å². The summed E-state index contributed by atoms with van der Waals surface area (Å²) in [4.78, 5) is 0. The standard InChI is InChI=1S/C30H50O4/c1-17-8-13-30(16-31)23(34)15-29(7)19(24(30)18(17)2)14-20(32)25-27(5)11-10-22(33)26(3,4)21(27)9-12-28(25,29)6/h14,17-18,20-25,31-34H,8-13,15-16H2,1-7H3/t17-,18+,20-,21?,22+,23-,24+,25-,27+,28-,29-,30+/m1/s1. The lowest BCUT2D eigenvalue weighted by molar-refractivity contribution is -0.238. The van der Waals surface area contributed by atoms with Crippen molar-refractivity contribution in [1.82, 2.24) is 0 Å². The predicted molar refractivity (Wildman–Crippen MR) is 135 cm³/mol. The van der Waals surface area contributed by atoms with E-state index in [1.165, 1.54) is 5.57 Å². The predicted octanol–water partition coefficient (Wildman–Crippen LogP) is 4.94. The van der Waals surface area contributed by atoms with E-state index in [2.05, 4.69) is 54.5 Å². The van der Waals surface area contributed by atoms with Gasteiger partial charge in [0.25, 0.3) is 0 Å². The third-order valence-electron chi connectivity index (χ3n) is 13.5. The Morgan fingerprint density at radius 1 is 0.882 bits per heavy atom. The Kier molecular flexibility index (Phi) is 5.61. The van der Waals surface area contributed by atoms with Gasteiger partial charge < -0.3 is 20.4 Å². The second kappa shape index (κ2) is 7.55. The quantitative estimate of drug-likeness (QED) is 0.406. The zero-order valence-corrected chi connectivity index (χ0v) is 22.6. The molecule has 34 heavy (non-hydrogen) atoms. The van der Waals surface area contributed by atoms with Gasteiger partial charge >= 0.3 is 0 Å². The van der Waals surface area contributed by atoms with E-state index >= 15 is 0 Å². The molecule has 5 rings (SSSR count). The molecule has 0 saturated heterocycles. The zero-order chi connectivity index (χ0) is 25.1. The van der Waals surface area contributed by atoms with E-state index in [1.54, 1.807) is 0 Å². The second-order valence-corrected chi connectivity index (χ2v) is 14.8. The molecule has 0 aliphatic heterocycles. The Labute approximate surface area is 207 Å². The highest BCUT2D eigenvalue weighted by atomic mass is 16.3. The molecule has 12 atom stereocenters. The lowest BCUT2D eigenvalue weighted by atomic mass is 9.32. The molecule has 4 fully saturated rings.